The van der Waals surface area contributed by atoms with Crippen LogP contribution in [0.2, 0.25) is 0 Å². The van der Waals surface area contributed by atoms with Crippen molar-refractivity contribution in [1.29, 1.82) is 0 Å². The summed E-state index contributed by atoms with van der Waals surface area (Å²) in [5, 5.41) is 2.86. The average Bonchev–Trinajstić information content (AvgIpc) is 2.63. The number of nitrogens with two attached hydrogens (primary N) is 1. The predicted octanol–water partition coefficient (Wildman–Crippen LogP) is -0.929. The largest absolute Gasteiger partial charge is 0.368 e. The summed E-state index contributed by atoms with van der Waals surface area (Å²) in [4.78, 5) is 24.4. The number of hydrogen-bond donors (Lipinski definition) is 2. The Kier molecular flexibility index (Phi) is 3.46. The van der Waals surface area contributed by atoms with E-state index in [1.807, 2.05) is 0 Å². The first kappa shape index (κ1) is 11.0. The zero-order valence-electron chi connectivity index (χ0n) is 8.62. The summed E-state index contributed by atoms with van der Waals surface area (Å²) in [6.07, 6.45) is 1.55. The summed E-state index contributed by atoms with van der Waals surface area (Å²) in [6.45, 7) is 2.41. The minimum absolute atomic E-state index is 0.0474. The zero-order valence-corrected chi connectivity index (χ0v) is 8.62. The first-order chi connectivity index (χ1) is 6.57. The number of carbonyl (C=O) groups excluding carboxylic acids is 2. The molecule has 1 fully saturated rings. The van der Waals surface area contributed by atoms with Crippen LogP contribution in [0.3, 0.4) is 0 Å². The number of primary amides is 1. The van der Waals surface area contributed by atoms with Crippen molar-refractivity contribution >= 4 is 11.8 Å². The molecule has 2 amide bonds. The van der Waals surface area contributed by atoms with Crippen LogP contribution < -0.4 is 11.1 Å². The van der Waals surface area contributed by atoms with Gasteiger partial charge in [-0.25, -0.2) is 0 Å². The fraction of sp³-hybridized carbons (Fsp3) is 0.778. The van der Waals surface area contributed by atoms with Crippen molar-refractivity contribution in [3.8, 4) is 0 Å². The van der Waals surface area contributed by atoms with Gasteiger partial charge in [0.25, 0.3) is 0 Å². The molecule has 1 saturated heterocycles. The molecule has 80 valence electrons. The topological polar surface area (TPSA) is 75.4 Å². The molecule has 0 saturated carbocycles. The maximum atomic E-state index is 11.7. The minimum atomic E-state index is -0.404. The Labute approximate surface area is 83.6 Å². The molecule has 3 N–H and O–H groups in total. The summed E-state index contributed by atoms with van der Waals surface area (Å²) in [6, 6.07) is -0.659. The highest BCUT2D eigenvalue weighted by molar-refractivity contribution is 5.89. The molecule has 5 heteroatoms. The van der Waals surface area contributed by atoms with Gasteiger partial charge < -0.3 is 16.0 Å². The third kappa shape index (κ3) is 2.04. The highest BCUT2D eigenvalue weighted by Crippen LogP contribution is 2.17. The van der Waals surface area contributed by atoms with Crippen LogP contribution in [0.5, 0.6) is 0 Å². The van der Waals surface area contributed by atoms with Gasteiger partial charge >= 0.3 is 0 Å². The van der Waals surface area contributed by atoms with Gasteiger partial charge in [0.05, 0.1) is 6.04 Å². The van der Waals surface area contributed by atoms with Crippen molar-refractivity contribution in [2.75, 3.05) is 13.6 Å². The van der Waals surface area contributed by atoms with Crippen molar-refractivity contribution in [1.82, 2.24) is 10.2 Å². The van der Waals surface area contributed by atoms with Crippen molar-refractivity contribution in [2.45, 2.75) is 31.8 Å². The third-order valence-corrected chi connectivity index (χ3v) is 2.67. The van der Waals surface area contributed by atoms with E-state index in [4.69, 9.17) is 5.73 Å². The Hall–Kier alpha value is -1.10. The Morgan fingerprint density at radius 3 is 2.71 bits per heavy atom. The molecule has 1 aliphatic heterocycles. The molecular formula is C9H17N3O2. The Balaban J connectivity index is 2.67. The maximum absolute atomic E-state index is 11.7. The van der Waals surface area contributed by atoms with E-state index in [9.17, 15) is 9.59 Å². The first-order valence-electron chi connectivity index (χ1n) is 4.85. The van der Waals surface area contributed by atoms with Crippen LogP contribution in [0.15, 0.2) is 0 Å². The summed E-state index contributed by atoms with van der Waals surface area (Å²) >= 11 is 0. The van der Waals surface area contributed by atoms with E-state index in [2.05, 4.69) is 5.32 Å². The number of likely N-dealkylation sites (tertiary alicyclic amines) is 1. The second-order valence-electron chi connectivity index (χ2n) is 3.60. The van der Waals surface area contributed by atoms with Gasteiger partial charge in [-0.1, -0.05) is 0 Å². The SMILES string of the molecule is CNC(C)C(=O)N1CCCC1C(N)=O. The van der Waals surface area contributed by atoms with Crippen LogP contribution in [-0.2, 0) is 9.59 Å². The highest BCUT2D eigenvalue weighted by atomic mass is 16.2. The van der Waals surface area contributed by atoms with E-state index in [1.165, 1.54) is 0 Å². The molecule has 1 rings (SSSR count). The third-order valence-electron chi connectivity index (χ3n) is 2.67. The van der Waals surface area contributed by atoms with Gasteiger partial charge in [-0.15, -0.1) is 0 Å². The summed E-state index contributed by atoms with van der Waals surface area (Å²) < 4.78 is 0. The molecule has 14 heavy (non-hydrogen) atoms. The predicted molar refractivity (Wildman–Crippen MR) is 52.5 cm³/mol. The van der Waals surface area contributed by atoms with Crippen LogP contribution in [0, 0.1) is 0 Å². The molecule has 2 atom stereocenters. The maximum Gasteiger partial charge on any atom is 0.240 e. The monoisotopic (exact) mass is 199 g/mol. The number of rotatable bonds is 3. The molecule has 0 radical (unpaired) electrons. The van der Waals surface area contributed by atoms with Gasteiger partial charge in [-0.3, -0.25) is 9.59 Å². The molecule has 0 aromatic heterocycles. The Morgan fingerprint density at radius 1 is 1.57 bits per heavy atom. The van der Waals surface area contributed by atoms with E-state index in [0.717, 1.165) is 6.42 Å². The summed E-state index contributed by atoms with van der Waals surface area (Å²) in [7, 11) is 1.72. The van der Waals surface area contributed by atoms with Crippen LogP contribution in [-0.4, -0.2) is 42.4 Å². The molecule has 0 spiro atoms. The van der Waals surface area contributed by atoms with Crippen LogP contribution in [0.1, 0.15) is 19.8 Å². The fourth-order valence-corrected chi connectivity index (χ4v) is 1.70. The molecule has 0 aliphatic carbocycles. The molecule has 5 nitrogen and oxygen atoms in total. The molecular weight excluding hydrogens is 182 g/mol. The highest BCUT2D eigenvalue weighted by Gasteiger charge is 2.34. The molecule has 1 heterocycles. The summed E-state index contributed by atoms with van der Waals surface area (Å²) in [5.41, 5.74) is 5.21. The second kappa shape index (κ2) is 4.41. The zero-order chi connectivity index (χ0) is 10.7. The molecule has 0 bridgehead atoms. The van der Waals surface area contributed by atoms with Crippen molar-refractivity contribution < 1.29 is 9.59 Å². The Bertz CT molecular complexity index is 242. The second-order valence-corrected chi connectivity index (χ2v) is 3.60. The molecule has 0 aromatic carbocycles. The minimum Gasteiger partial charge on any atom is -0.368 e. The number of amides is 2. The van der Waals surface area contributed by atoms with Crippen LogP contribution >= 0.6 is 0 Å². The van der Waals surface area contributed by atoms with Gasteiger partial charge in [0, 0.05) is 6.54 Å². The lowest BCUT2D eigenvalue weighted by atomic mass is 10.2. The van der Waals surface area contributed by atoms with Crippen molar-refractivity contribution in [2.24, 2.45) is 5.73 Å². The quantitative estimate of drug-likeness (QED) is 0.616. The van der Waals surface area contributed by atoms with E-state index in [0.29, 0.717) is 13.0 Å². The smallest absolute Gasteiger partial charge is 0.240 e. The van der Waals surface area contributed by atoms with Crippen molar-refractivity contribution in [3.63, 3.8) is 0 Å². The van der Waals surface area contributed by atoms with E-state index < -0.39 is 11.9 Å². The normalized spacial score (nSPS) is 23.6. The molecule has 0 aromatic rings. The van der Waals surface area contributed by atoms with Gasteiger partial charge in [0.1, 0.15) is 6.04 Å². The van der Waals surface area contributed by atoms with Crippen molar-refractivity contribution in [3.05, 3.63) is 0 Å². The van der Waals surface area contributed by atoms with Gasteiger partial charge in [0.2, 0.25) is 11.8 Å². The average molecular weight is 199 g/mol. The Morgan fingerprint density at radius 2 is 2.21 bits per heavy atom. The molecule has 2 unspecified atom stereocenters. The lowest BCUT2D eigenvalue weighted by Crippen LogP contribution is -2.49. The molecule has 1 aliphatic rings. The number of nitrogens with zero attached hydrogens (tertiary/aromatic N) is 1. The number of nitrogens with one attached hydrogen (secondary N) is 1. The van der Waals surface area contributed by atoms with Gasteiger partial charge in [-0.2, -0.15) is 0 Å². The van der Waals surface area contributed by atoms with Gasteiger partial charge in [-0.05, 0) is 26.8 Å². The number of likely N-dealkylation sites (N-methyl/N-ethyl adjacent to an activating group) is 1. The van der Waals surface area contributed by atoms with E-state index in [-0.39, 0.29) is 11.9 Å². The lowest BCUT2D eigenvalue weighted by molar-refractivity contribution is -0.138. The van der Waals surface area contributed by atoms with Crippen LogP contribution in [0.25, 0.3) is 0 Å². The first-order valence-corrected chi connectivity index (χ1v) is 4.85. The van der Waals surface area contributed by atoms with E-state index >= 15 is 0 Å². The van der Waals surface area contributed by atoms with E-state index in [1.54, 1.807) is 18.9 Å². The number of hydrogen-bond acceptors (Lipinski definition) is 3. The fourth-order valence-electron chi connectivity index (χ4n) is 1.70. The number of carbonyl (C=O) groups is 2. The van der Waals surface area contributed by atoms with Gasteiger partial charge in [0.15, 0.2) is 0 Å². The van der Waals surface area contributed by atoms with Crippen LogP contribution in [0.4, 0.5) is 0 Å². The summed E-state index contributed by atoms with van der Waals surface area (Å²) in [5.74, 6) is -0.451. The standard InChI is InChI=1S/C9H17N3O2/c1-6(11-2)9(14)12-5-3-4-7(12)8(10)13/h6-7,11H,3-5H2,1-2H3,(H2,10,13). The lowest BCUT2D eigenvalue weighted by Gasteiger charge is -2.25.